The van der Waals surface area contributed by atoms with E-state index in [1.165, 1.54) is 34.7 Å². The number of hydrogen-bond donors (Lipinski definition) is 2. The van der Waals surface area contributed by atoms with Gasteiger partial charge in [0.15, 0.2) is 11.6 Å². The van der Waals surface area contributed by atoms with Crippen molar-refractivity contribution >= 4 is 50.2 Å². The van der Waals surface area contributed by atoms with Crippen molar-refractivity contribution in [2.24, 2.45) is 5.92 Å². The maximum atomic E-state index is 15.2. The van der Waals surface area contributed by atoms with E-state index in [-0.39, 0.29) is 54.6 Å². The third kappa shape index (κ3) is 8.91. The maximum absolute atomic E-state index is 15.2. The molecule has 6 heterocycles. The summed E-state index contributed by atoms with van der Waals surface area (Å²) in [4.78, 5) is 62.2. The largest absolute Gasteiger partial charge is 0.453 e. The van der Waals surface area contributed by atoms with Crippen molar-refractivity contribution in [1.29, 1.82) is 5.26 Å². The molecule has 1 aromatic heterocycles. The molecule has 0 aliphatic carbocycles. The van der Waals surface area contributed by atoms with Gasteiger partial charge in [-0.3, -0.25) is 33.8 Å². The first-order chi connectivity index (χ1) is 32.8. The van der Waals surface area contributed by atoms with Gasteiger partial charge in [-0.15, -0.1) is 0 Å². The number of aromatic nitrogens is 2. The third-order valence-electron chi connectivity index (χ3n) is 14.1. The Hall–Kier alpha value is -6.75. The minimum absolute atomic E-state index is 0.0185. The number of benzene rings is 4. The topological polar surface area (TPSA) is 190 Å². The number of piperidine rings is 3. The zero-order chi connectivity index (χ0) is 47.3. The maximum Gasteiger partial charge on any atom is 0.301 e. The Balaban J connectivity index is 0.733. The Morgan fingerprint density at radius 2 is 1.63 bits per heavy atom. The lowest BCUT2D eigenvalue weighted by Gasteiger charge is -2.38. The minimum Gasteiger partial charge on any atom is -0.453 e. The lowest BCUT2D eigenvalue weighted by molar-refractivity contribution is -0.136. The summed E-state index contributed by atoms with van der Waals surface area (Å²) < 4.78 is 65.2. The highest BCUT2D eigenvalue weighted by atomic mass is 32.2. The summed E-state index contributed by atoms with van der Waals surface area (Å²) in [6, 6.07) is 21.5. The predicted molar refractivity (Wildman–Crippen MR) is 248 cm³/mol. The van der Waals surface area contributed by atoms with E-state index in [9.17, 15) is 37.2 Å². The fourth-order valence-corrected chi connectivity index (χ4v) is 11.6. The molecule has 4 saturated heterocycles. The smallest absolute Gasteiger partial charge is 0.301 e. The summed E-state index contributed by atoms with van der Waals surface area (Å²) in [5.41, 5.74) is 3.76. The normalized spacial score (nSPS) is 21.0. The van der Waals surface area contributed by atoms with Crippen molar-refractivity contribution in [3.63, 3.8) is 0 Å². The van der Waals surface area contributed by atoms with Gasteiger partial charge in [-0.05, 0) is 135 Å². The highest BCUT2D eigenvalue weighted by molar-refractivity contribution is 7.90. The van der Waals surface area contributed by atoms with Gasteiger partial charge in [-0.2, -0.15) is 18.0 Å². The number of rotatable bonds is 11. The lowest BCUT2D eigenvalue weighted by atomic mass is 9.87. The Bertz CT molecular complexity index is 3040. The molecular weight excluding hydrogens is 897 g/mol. The van der Waals surface area contributed by atoms with Crippen LogP contribution in [0.25, 0.3) is 16.6 Å². The highest BCUT2D eigenvalue weighted by Gasteiger charge is 2.40. The summed E-state index contributed by atoms with van der Waals surface area (Å²) in [5.74, 6) is -1.32. The molecule has 19 heteroatoms. The SMILES string of the molecule is N#Cc1c(NS(=O)(=O)N2CCC(F)C2)ccc(F)c1Oc1ccc2ncn(-c3ccc(N4CCC(CN5CCC(c6ccc7c(c6)CN([C@H]6CCC(=O)NC6=O)C7=O)CC5)CC4)cc3)c(=O)c2c1. The van der Waals surface area contributed by atoms with Gasteiger partial charge in [0.05, 0.1) is 22.3 Å². The second-order valence-corrected chi connectivity index (χ2v) is 20.0. The van der Waals surface area contributed by atoms with Crippen LogP contribution in [0.3, 0.4) is 0 Å². The standard InChI is InChI=1S/C49H49F2N9O7S/c50-34-17-22-58(28-34)68(65,66)55-43-10-8-41(51)46(40(43)25-52)67-37-6-9-42-39(24-37)49(64)60(29-53-42)36-4-2-35(3-5-36)57-20-13-30(14-21-57)26-56-18-15-31(16-19-56)32-1-7-38-33(23-32)27-59(48(38)63)44-11-12-45(61)54-47(44)62/h1-10,23-24,29-31,34,44,55H,11-22,26-28H2,(H,54,61,62)/t34?,44-/m0/s1. The van der Waals surface area contributed by atoms with Crippen LogP contribution in [0.1, 0.15) is 77.9 Å². The van der Waals surface area contributed by atoms with Crippen LogP contribution in [0.5, 0.6) is 11.5 Å². The zero-order valence-corrected chi connectivity index (χ0v) is 37.9. The number of ether oxygens (including phenoxy) is 1. The summed E-state index contributed by atoms with van der Waals surface area (Å²) in [7, 11) is -4.24. The van der Waals surface area contributed by atoms with E-state index in [0.29, 0.717) is 41.6 Å². The van der Waals surface area contributed by atoms with Crippen LogP contribution in [0.15, 0.2) is 83.9 Å². The lowest BCUT2D eigenvalue weighted by Crippen LogP contribution is -2.52. The number of imide groups is 1. The molecule has 0 spiro atoms. The van der Waals surface area contributed by atoms with Gasteiger partial charge < -0.3 is 19.4 Å². The number of fused-ring (bicyclic) bond motifs is 2. The van der Waals surface area contributed by atoms with Gasteiger partial charge in [0, 0.05) is 56.9 Å². The molecule has 0 bridgehead atoms. The quantitative estimate of drug-likeness (QED) is 0.154. The molecule has 16 nitrogen and oxygen atoms in total. The van der Waals surface area contributed by atoms with Crippen molar-refractivity contribution < 1.29 is 36.3 Å². The molecule has 5 aromatic rings. The predicted octanol–water partition coefficient (Wildman–Crippen LogP) is 5.75. The molecule has 3 amide bonds. The van der Waals surface area contributed by atoms with E-state index in [4.69, 9.17) is 4.74 Å². The second kappa shape index (κ2) is 18.4. The summed E-state index contributed by atoms with van der Waals surface area (Å²) >= 11 is 0. The minimum atomic E-state index is -4.24. The molecule has 0 saturated carbocycles. The molecular formula is C49H49F2N9O7S. The monoisotopic (exact) mass is 945 g/mol. The van der Waals surface area contributed by atoms with Crippen LogP contribution in [0.4, 0.5) is 20.2 Å². The number of nitrogens with zero attached hydrogens (tertiary/aromatic N) is 7. The van der Waals surface area contributed by atoms with E-state index in [0.717, 1.165) is 86.1 Å². The third-order valence-corrected chi connectivity index (χ3v) is 15.6. The number of nitrogens with one attached hydrogen (secondary N) is 2. The van der Waals surface area contributed by atoms with Crippen LogP contribution >= 0.6 is 0 Å². The molecule has 68 heavy (non-hydrogen) atoms. The van der Waals surface area contributed by atoms with Gasteiger partial charge >= 0.3 is 10.2 Å². The molecule has 2 atom stereocenters. The van der Waals surface area contributed by atoms with Crippen molar-refractivity contribution in [2.45, 2.75) is 69.6 Å². The van der Waals surface area contributed by atoms with Crippen molar-refractivity contribution in [2.75, 3.05) is 55.4 Å². The van der Waals surface area contributed by atoms with Crippen LogP contribution in [-0.4, -0.2) is 108 Å². The summed E-state index contributed by atoms with van der Waals surface area (Å²) in [6.07, 6.45) is 4.95. The molecule has 10 rings (SSSR count). The van der Waals surface area contributed by atoms with Gasteiger partial charge in [-0.1, -0.05) is 12.1 Å². The Morgan fingerprint density at radius 1 is 0.868 bits per heavy atom. The number of nitriles is 1. The second-order valence-electron chi connectivity index (χ2n) is 18.3. The van der Waals surface area contributed by atoms with Crippen molar-refractivity contribution in [3.8, 4) is 23.3 Å². The molecule has 2 N–H and O–H groups in total. The van der Waals surface area contributed by atoms with Crippen molar-refractivity contribution in [3.05, 3.63) is 118 Å². The number of anilines is 2. The van der Waals surface area contributed by atoms with Crippen molar-refractivity contribution in [1.82, 2.24) is 29.0 Å². The van der Waals surface area contributed by atoms with E-state index >= 15 is 4.39 Å². The summed E-state index contributed by atoms with van der Waals surface area (Å²) in [5, 5.41) is 12.5. The van der Waals surface area contributed by atoms with E-state index in [1.54, 1.807) is 11.0 Å². The average Bonchev–Trinajstić information content (AvgIpc) is 3.93. The molecule has 5 aliphatic heterocycles. The van der Waals surface area contributed by atoms with Gasteiger partial charge in [0.25, 0.3) is 11.5 Å². The molecule has 352 valence electrons. The number of halogens is 2. The average molecular weight is 946 g/mol. The number of likely N-dealkylation sites (tertiary alicyclic amines) is 1. The fraction of sp³-hybridized carbons (Fsp3) is 0.388. The molecule has 4 fully saturated rings. The van der Waals surface area contributed by atoms with Crippen LogP contribution < -0.4 is 25.2 Å². The molecule has 5 aliphatic rings. The van der Waals surface area contributed by atoms with Gasteiger partial charge in [0.2, 0.25) is 11.8 Å². The fourth-order valence-electron chi connectivity index (χ4n) is 10.3. The number of amides is 3. The van der Waals surface area contributed by atoms with Gasteiger partial charge in [-0.25, -0.2) is 13.8 Å². The number of alkyl halides is 1. The first-order valence-electron chi connectivity index (χ1n) is 23.0. The van der Waals surface area contributed by atoms with Gasteiger partial charge in [0.1, 0.15) is 35.9 Å². The molecule has 1 unspecified atom stereocenters. The number of hydrogen-bond acceptors (Lipinski definition) is 11. The first-order valence-corrected chi connectivity index (χ1v) is 24.4. The van der Waals surface area contributed by atoms with E-state index < -0.39 is 51.0 Å². The number of carbonyl (C=O) groups excluding carboxylic acids is 3. The molecule has 0 radical (unpaired) electrons. The van der Waals surface area contributed by atoms with E-state index in [2.05, 4.69) is 37.0 Å². The highest BCUT2D eigenvalue weighted by Crippen LogP contribution is 2.37. The summed E-state index contributed by atoms with van der Waals surface area (Å²) in [6.45, 7) is 4.89. The number of carbonyl (C=O) groups is 3. The first kappa shape index (κ1) is 45.1. The van der Waals surface area contributed by atoms with Crippen LogP contribution in [-0.2, 0) is 26.3 Å². The Kier molecular flexibility index (Phi) is 12.2. The van der Waals surface area contributed by atoms with Crippen LogP contribution in [0.2, 0.25) is 0 Å². The molecule has 4 aromatic carbocycles. The Labute approximate surface area is 391 Å². The zero-order valence-electron chi connectivity index (χ0n) is 37.1. The van der Waals surface area contributed by atoms with E-state index in [1.807, 2.05) is 30.3 Å². The Morgan fingerprint density at radius 3 is 2.35 bits per heavy atom. The van der Waals surface area contributed by atoms with Crippen LogP contribution in [0, 0.1) is 23.1 Å².